The van der Waals surface area contributed by atoms with Gasteiger partial charge in [0.05, 0.1) is 5.60 Å². The molecule has 1 aliphatic rings. The van der Waals surface area contributed by atoms with Crippen LogP contribution in [-0.2, 0) is 9.59 Å². The highest BCUT2D eigenvalue weighted by Gasteiger charge is 2.30. The van der Waals surface area contributed by atoms with Crippen molar-refractivity contribution < 1.29 is 14.7 Å². The largest absolute Gasteiger partial charge is 0.388 e. The van der Waals surface area contributed by atoms with Crippen molar-refractivity contribution in [2.45, 2.75) is 51.6 Å². The van der Waals surface area contributed by atoms with Crippen LogP contribution in [0, 0.1) is 13.8 Å². The maximum Gasteiger partial charge on any atom is 0.313 e. The van der Waals surface area contributed by atoms with Crippen molar-refractivity contribution in [3.05, 3.63) is 29.3 Å². The number of carbonyl (C=O) groups is 2. The molecule has 0 aliphatic heterocycles. The van der Waals surface area contributed by atoms with Crippen LogP contribution >= 0.6 is 0 Å². The van der Waals surface area contributed by atoms with Gasteiger partial charge in [-0.25, -0.2) is 0 Å². The molecule has 0 saturated heterocycles. The van der Waals surface area contributed by atoms with E-state index in [9.17, 15) is 14.7 Å². The molecule has 1 aromatic rings. The fourth-order valence-electron chi connectivity index (χ4n) is 2.76. The topological polar surface area (TPSA) is 78.4 Å². The van der Waals surface area contributed by atoms with Gasteiger partial charge in [0.25, 0.3) is 0 Å². The van der Waals surface area contributed by atoms with Gasteiger partial charge in [0, 0.05) is 12.2 Å². The SMILES string of the molecule is Cc1ccc(C)c(NC(=O)C(=O)NCC2(O)CCCCC2)c1. The third-order valence-corrected chi connectivity index (χ3v) is 4.21. The third-order valence-electron chi connectivity index (χ3n) is 4.21. The highest BCUT2D eigenvalue weighted by molar-refractivity contribution is 6.39. The van der Waals surface area contributed by atoms with Crippen LogP contribution in [0.4, 0.5) is 5.69 Å². The lowest BCUT2D eigenvalue weighted by Crippen LogP contribution is -2.47. The Hall–Kier alpha value is -1.88. The number of hydrogen-bond acceptors (Lipinski definition) is 3. The Morgan fingerprint density at radius 3 is 2.50 bits per heavy atom. The van der Waals surface area contributed by atoms with Crippen LogP contribution in [0.3, 0.4) is 0 Å². The molecule has 0 unspecified atom stereocenters. The van der Waals surface area contributed by atoms with Gasteiger partial charge in [0.2, 0.25) is 0 Å². The van der Waals surface area contributed by atoms with Gasteiger partial charge in [-0.1, -0.05) is 31.4 Å². The first kappa shape index (κ1) is 16.5. The Labute approximate surface area is 131 Å². The summed E-state index contributed by atoms with van der Waals surface area (Å²) in [6.07, 6.45) is 4.38. The molecule has 2 amide bonds. The van der Waals surface area contributed by atoms with Gasteiger partial charge in [-0.2, -0.15) is 0 Å². The van der Waals surface area contributed by atoms with E-state index in [0.29, 0.717) is 18.5 Å². The van der Waals surface area contributed by atoms with Crippen LogP contribution in [-0.4, -0.2) is 29.1 Å². The minimum absolute atomic E-state index is 0.131. The molecule has 0 atom stereocenters. The standard InChI is InChI=1S/C17H24N2O3/c1-12-6-7-13(2)14(10-12)19-16(21)15(20)18-11-17(22)8-4-3-5-9-17/h6-7,10,22H,3-5,8-9,11H2,1-2H3,(H,18,20)(H,19,21). The molecular weight excluding hydrogens is 280 g/mol. The lowest BCUT2D eigenvalue weighted by atomic mass is 9.85. The number of aliphatic hydroxyl groups is 1. The van der Waals surface area contributed by atoms with Crippen LogP contribution < -0.4 is 10.6 Å². The number of rotatable bonds is 3. The van der Waals surface area contributed by atoms with E-state index < -0.39 is 17.4 Å². The van der Waals surface area contributed by atoms with Crippen molar-refractivity contribution in [2.75, 3.05) is 11.9 Å². The minimum Gasteiger partial charge on any atom is -0.388 e. The Kier molecular flexibility index (Phi) is 5.19. The fourth-order valence-corrected chi connectivity index (χ4v) is 2.76. The number of aryl methyl sites for hydroxylation is 2. The number of anilines is 1. The molecule has 1 fully saturated rings. The molecule has 0 bridgehead atoms. The number of nitrogens with one attached hydrogen (secondary N) is 2. The second-order valence-corrected chi connectivity index (χ2v) is 6.24. The van der Waals surface area contributed by atoms with E-state index in [1.54, 1.807) is 0 Å². The molecule has 1 aliphatic carbocycles. The van der Waals surface area contributed by atoms with E-state index in [1.807, 2.05) is 32.0 Å². The number of amides is 2. The smallest absolute Gasteiger partial charge is 0.313 e. The predicted octanol–water partition coefficient (Wildman–Crippen LogP) is 2.05. The monoisotopic (exact) mass is 304 g/mol. The van der Waals surface area contributed by atoms with Crippen LogP contribution in [0.1, 0.15) is 43.2 Å². The van der Waals surface area contributed by atoms with Crippen molar-refractivity contribution in [1.82, 2.24) is 5.32 Å². The molecule has 120 valence electrons. The Balaban J connectivity index is 1.89. The summed E-state index contributed by atoms with van der Waals surface area (Å²) in [5.74, 6) is -1.41. The number of benzene rings is 1. The fraction of sp³-hybridized carbons (Fsp3) is 0.529. The van der Waals surface area contributed by atoms with Gasteiger partial charge in [-0.05, 0) is 43.9 Å². The second kappa shape index (κ2) is 6.92. The van der Waals surface area contributed by atoms with E-state index >= 15 is 0 Å². The van der Waals surface area contributed by atoms with E-state index in [4.69, 9.17) is 0 Å². The van der Waals surface area contributed by atoms with E-state index in [-0.39, 0.29) is 6.54 Å². The van der Waals surface area contributed by atoms with Crippen LogP contribution in [0.15, 0.2) is 18.2 Å². The van der Waals surface area contributed by atoms with Gasteiger partial charge in [-0.15, -0.1) is 0 Å². The molecule has 5 heteroatoms. The summed E-state index contributed by atoms with van der Waals surface area (Å²) in [7, 11) is 0. The number of carbonyl (C=O) groups excluding carboxylic acids is 2. The summed E-state index contributed by atoms with van der Waals surface area (Å²) in [5.41, 5.74) is 1.68. The van der Waals surface area contributed by atoms with Crippen molar-refractivity contribution >= 4 is 17.5 Å². The lowest BCUT2D eigenvalue weighted by Gasteiger charge is -2.31. The first-order chi connectivity index (χ1) is 10.4. The van der Waals surface area contributed by atoms with Gasteiger partial charge >= 0.3 is 11.8 Å². The van der Waals surface area contributed by atoms with Crippen molar-refractivity contribution in [2.24, 2.45) is 0 Å². The van der Waals surface area contributed by atoms with Gasteiger partial charge in [-0.3, -0.25) is 9.59 Å². The molecule has 3 N–H and O–H groups in total. The first-order valence-corrected chi connectivity index (χ1v) is 7.78. The molecule has 0 heterocycles. The normalized spacial score (nSPS) is 16.9. The molecule has 22 heavy (non-hydrogen) atoms. The molecule has 1 aromatic carbocycles. The zero-order valence-electron chi connectivity index (χ0n) is 13.2. The summed E-state index contributed by atoms with van der Waals surface area (Å²) in [4.78, 5) is 23.8. The summed E-state index contributed by atoms with van der Waals surface area (Å²) in [6.45, 7) is 3.93. The second-order valence-electron chi connectivity index (χ2n) is 6.24. The molecule has 0 spiro atoms. The maximum absolute atomic E-state index is 11.9. The summed E-state index contributed by atoms with van der Waals surface area (Å²) < 4.78 is 0. The molecule has 0 radical (unpaired) electrons. The average molecular weight is 304 g/mol. The zero-order chi connectivity index (χ0) is 16.2. The Morgan fingerprint density at radius 1 is 1.14 bits per heavy atom. The predicted molar refractivity (Wildman–Crippen MR) is 85.6 cm³/mol. The van der Waals surface area contributed by atoms with Crippen molar-refractivity contribution in [3.8, 4) is 0 Å². The van der Waals surface area contributed by atoms with E-state index in [1.165, 1.54) is 0 Å². The lowest BCUT2D eigenvalue weighted by molar-refractivity contribution is -0.137. The molecule has 2 rings (SSSR count). The molecule has 5 nitrogen and oxygen atoms in total. The van der Waals surface area contributed by atoms with Crippen molar-refractivity contribution in [3.63, 3.8) is 0 Å². The average Bonchev–Trinajstić information content (AvgIpc) is 2.49. The minimum atomic E-state index is -0.868. The van der Waals surface area contributed by atoms with Crippen LogP contribution in [0.25, 0.3) is 0 Å². The third kappa shape index (κ3) is 4.31. The molecular formula is C17H24N2O3. The number of hydrogen-bond donors (Lipinski definition) is 3. The Bertz CT molecular complexity index is 563. The highest BCUT2D eigenvalue weighted by atomic mass is 16.3. The summed E-state index contributed by atoms with van der Waals surface area (Å²) >= 11 is 0. The van der Waals surface area contributed by atoms with Crippen LogP contribution in [0.5, 0.6) is 0 Å². The van der Waals surface area contributed by atoms with E-state index in [0.717, 1.165) is 30.4 Å². The highest BCUT2D eigenvalue weighted by Crippen LogP contribution is 2.27. The summed E-state index contributed by atoms with van der Waals surface area (Å²) in [5, 5.41) is 15.5. The molecule has 0 aromatic heterocycles. The molecule has 1 saturated carbocycles. The van der Waals surface area contributed by atoms with Gasteiger partial charge < -0.3 is 15.7 Å². The van der Waals surface area contributed by atoms with Crippen LogP contribution in [0.2, 0.25) is 0 Å². The van der Waals surface area contributed by atoms with E-state index in [2.05, 4.69) is 10.6 Å². The zero-order valence-corrected chi connectivity index (χ0v) is 13.2. The van der Waals surface area contributed by atoms with Crippen molar-refractivity contribution in [1.29, 1.82) is 0 Å². The Morgan fingerprint density at radius 2 is 1.82 bits per heavy atom. The van der Waals surface area contributed by atoms with Gasteiger partial charge in [0.15, 0.2) is 0 Å². The first-order valence-electron chi connectivity index (χ1n) is 7.78. The summed E-state index contributed by atoms with van der Waals surface area (Å²) in [6, 6.07) is 5.67. The quantitative estimate of drug-likeness (QED) is 0.748. The maximum atomic E-state index is 11.9. The van der Waals surface area contributed by atoms with Gasteiger partial charge in [0.1, 0.15) is 0 Å².